The van der Waals surface area contributed by atoms with Crippen LogP contribution in [0.2, 0.25) is 0 Å². The van der Waals surface area contributed by atoms with Crippen molar-refractivity contribution in [1.82, 2.24) is 10.3 Å². The number of nitrogens with zero attached hydrogens (tertiary/aromatic N) is 1. The molecule has 0 radical (unpaired) electrons. The maximum atomic E-state index is 11.9. The van der Waals surface area contributed by atoms with Gasteiger partial charge < -0.3 is 10.6 Å². The standard InChI is InChI=1S/C13H19N3O/c1-3-4-9-7-11(9)16-13(17)10-5-6-15-12(8-10)14-2/h5-6,8-9,11H,3-4,7H2,1-2H3,(H,14,15)(H,16,17). The van der Waals surface area contributed by atoms with Crippen LogP contribution < -0.4 is 10.6 Å². The Labute approximate surface area is 102 Å². The van der Waals surface area contributed by atoms with E-state index in [1.54, 1.807) is 25.4 Å². The molecular formula is C13H19N3O. The third-order valence-corrected chi connectivity index (χ3v) is 3.18. The first-order chi connectivity index (χ1) is 8.24. The van der Waals surface area contributed by atoms with E-state index in [4.69, 9.17) is 0 Å². The Bertz CT molecular complexity index is 405. The smallest absolute Gasteiger partial charge is 0.251 e. The van der Waals surface area contributed by atoms with Crippen LogP contribution in [0, 0.1) is 5.92 Å². The molecular weight excluding hydrogens is 214 g/mol. The summed E-state index contributed by atoms with van der Waals surface area (Å²) in [4.78, 5) is 16.0. The van der Waals surface area contributed by atoms with Crippen LogP contribution in [0.25, 0.3) is 0 Å². The van der Waals surface area contributed by atoms with E-state index in [0.29, 0.717) is 17.5 Å². The van der Waals surface area contributed by atoms with Crippen LogP contribution in [0.4, 0.5) is 5.82 Å². The number of amides is 1. The van der Waals surface area contributed by atoms with Crippen LogP contribution in [-0.2, 0) is 0 Å². The van der Waals surface area contributed by atoms with Gasteiger partial charge >= 0.3 is 0 Å². The highest BCUT2D eigenvalue weighted by molar-refractivity contribution is 5.95. The Hall–Kier alpha value is -1.58. The van der Waals surface area contributed by atoms with Crippen molar-refractivity contribution in [3.63, 3.8) is 0 Å². The second kappa shape index (κ2) is 5.17. The molecule has 0 aliphatic heterocycles. The maximum absolute atomic E-state index is 11.9. The van der Waals surface area contributed by atoms with E-state index in [2.05, 4.69) is 22.5 Å². The fraction of sp³-hybridized carbons (Fsp3) is 0.538. The number of aromatic nitrogens is 1. The van der Waals surface area contributed by atoms with Gasteiger partial charge in [-0.1, -0.05) is 13.3 Å². The Morgan fingerprint density at radius 3 is 3.12 bits per heavy atom. The van der Waals surface area contributed by atoms with E-state index in [-0.39, 0.29) is 5.91 Å². The lowest BCUT2D eigenvalue weighted by atomic mass is 10.2. The molecule has 2 rings (SSSR count). The first kappa shape index (κ1) is 11.9. The monoisotopic (exact) mass is 233 g/mol. The normalized spacial score (nSPS) is 22.0. The molecule has 0 saturated heterocycles. The minimum atomic E-state index is 0.00695. The molecule has 2 unspecified atom stereocenters. The van der Waals surface area contributed by atoms with Crippen LogP contribution in [-0.4, -0.2) is 24.0 Å². The predicted molar refractivity (Wildman–Crippen MR) is 68.1 cm³/mol. The van der Waals surface area contributed by atoms with Gasteiger partial charge in [-0.25, -0.2) is 4.98 Å². The zero-order valence-corrected chi connectivity index (χ0v) is 10.4. The SMILES string of the molecule is CCCC1CC1NC(=O)c1ccnc(NC)c1. The van der Waals surface area contributed by atoms with Gasteiger partial charge in [0.05, 0.1) is 0 Å². The summed E-state index contributed by atoms with van der Waals surface area (Å²) in [5.41, 5.74) is 0.673. The lowest BCUT2D eigenvalue weighted by Gasteiger charge is -2.05. The van der Waals surface area contributed by atoms with Gasteiger partial charge in [0.15, 0.2) is 0 Å². The molecule has 1 aromatic rings. The minimum absolute atomic E-state index is 0.00695. The van der Waals surface area contributed by atoms with E-state index >= 15 is 0 Å². The van der Waals surface area contributed by atoms with E-state index in [1.807, 2.05) is 0 Å². The summed E-state index contributed by atoms with van der Waals surface area (Å²) in [7, 11) is 1.79. The maximum Gasteiger partial charge on any atom is 0.251 e. The number of rotatable bonds is 5. The molecule has 2 atom stereocenters. The number of hydrogen-bond donors (Lipinski definition) is 2. The molecule has 4 heteroatoms. The van der Waals surface area contributed by atoms with Gasteiger partial charge in [0.1, 0.15) is 5.82 Å². The molecule has 1 aliphatic carbocycles. The van der Waals surface area contributed by atoms with Crippen LogP contribution in [0.1, 0.15) is 36.5 Å². The van der Waals surface area contributed by atoms with Crippen molar-refractivity contribution in [2.75, 3.05) is 12.4 Å². The van der Waals surface area contributed by atoms with Crippen molar-refractivity contribution >= 4 is 11.7 Å². The summed E-state index contributed by atoms with van der Waals surface area (Å²) in [6, 6.07) is 3.90. The van der Waals surface area contributed by atoms with E-state index < -0.39 is 0 Å². The molecule has 92 valence electrons. The molecule has 1 amide bonds. The predicted octanol–water partition coefficient (Wildman–Crippen LogP) is 2.04. The highest BCUT2D eigenvalue weighted by Crippen LogP contribution is 2.34. The Balaban J connectivity index is 1.91. The van der Waals surface area contributed by atoms with Crippen molar-refractivity contribution in [3.05, 3.63) is 23.9 Å². The summed E-state index contributed by atoms with van der Waals surface area (Å²) in [6.45, 7) is 2.18. The summed E-state index contributed by atoms with van der Waals surface area (Å²) >= 11 is 0. The highest BCUT2D eigenvalue weighted by atomic mass is 16.1. The van der Waals surface area contributed by atoms with Crippen LogP contribution in [0.5, 0.6) is 0 Å². The summed E-state index contributed by atoms with van der Waals surface area (Å²) in [5.74, 6) is 1.42. The van der Waals surface area contributed by atoms with Gasteiger partial charge in [-0.2, -0.15) is 0 Å². The lowest BCUT2D eigenvalue weighted by molar-refractivity contribution is 0.0949. The Morgan fingerprint density at radius 1 is 1.59 bits per heavy atom. The molecule has 17 heavy (non-hydrogen) atoms. The first-order valence-corrected chi connectivity index (χ1v) is 6.19. The molecule has 1 aromatic heterocycles. The van der Waals surface area contributed by atoms with E-state index in [9.17, 15) is 4.79 Å². The summed E-state index contributed by atoms with van der Waals surface area (Å²) in [5, 5.41) is 5.99. The zero-order chi connectivity index (χ0) is 12.3. The molecule has 0 aromatic carbocycles. The summed E-state index contributed by atoms with van der Waals surface area (Å²) in [6.07, 6.45) is 5.18. The fourth-order valence-corrected chi connectivity index (χ4v) is 2.07. The number of carbonyl (C=O) groups excluding carboxylic acids is 1. The molecule has 1 heterocycles. The largest absolute Gasteiger partial charge is 0.373 e. The van der Waals surface area contributed by atoms with Gasteiger partial charge in [0.25, 0.3) is 5.91 Å². The average Bonchev–Trinajstić information content (AvgIpc) is 3.08. The quantitative estimate of drug-likeness (QED) is 0.818. The third-order valence-electron chi connectivity index (χ3n) is 3.18. The molecule has 1 saturated carbocycles. The molecule has 0 spiro atoms. The molecule has 2 N–H and O–H groups in total. The molecule has 1 aliphatic rings. The van der Waals surface area contributed by atoms with E-state index in [0.717, 1.165) is 12.2 Å². The van der Waals surface area contributed by atoms with Crippen molar-refractivity contribution in [2.24, 2.45) is 5.92 Å². The zero-order valence-electron chi connectivity index (χ0n) is 10.4. The topological polar surface area (TPSA) is 54.0 Å². The van der Waals surface area contributed by atoms with Crippen LogP contribution >= 0.6 is 0 Å². The van der Waals surface area contributed by atoms with Crippen molar-refractivity contribution in [3.8, 4) is 0 Å². The number of hydrogen-bond acceptors (Lipinski definition) is 3. The number of nitrogens with one attached hydrogen (secondary N) is 2. The first-order valence-electron chi connectivity index (χ1n) is 6.19. The van der Waals surface area contributed by atoms with Crippen molar-refractivity contribution in [1.29, 1.82) is 0 Å². The molecule has 0 bridgehead atoms. The third kappa shape index (κ3) is 2.96. The van der Waals surface area contributed by atoms with Gasteiger partial charge in [-0.3, -0.25) is 4.79 Å². The van der Waals surface area contributed by atoms with Gasteiger partial charge in [0, 0.05) is 24.8 Å². The minimum Gasteiger partial charge on any atom is -0.373 e. The lowest BCUT2D eigenvalue weighted by Crippen LogP contribution is -2.26. The van der Waals surface area contributed by atoms with Crippen LogP contribution in [0.3, 0.4) is 0 Å². The Kier molecular flexibility index (Phi) is 3.61. The summed E-state index contributed by atoms with van der Waals surface area (Å²) < 4.78 is 0. The average molecular weight is 233 g/mol. The van der Waals surface area contributed by atoms with Crippen LogP contribution in [0.15, 0.2) is 18.3 Å². The number of anilines is 1. The van der Waals surface area contributed by atoms with Crippen molar-refractivity contribution in [2.45, 2.75) is 32.2 Å². The fourth-order valence-electron chi connectivity index (χ4n) is 2.07. The number of carbonyl (C=O) groups is 1. The van der Waals surface area contributed by atoms with Crippen molar-refractivity contribution < 1.29 is 4.79 Å². The highest BCUT2D eigenvalue weighted by Gasteiger charge is 2.37. The van der Waals surface area contributed by atoms with Gasteiger partial charge in [-0.15, -0.1) is 0 Å². The van der Waals surface area contributed by atoms with Gasteiger partial charge in [0.2, 0.25) is 0 Å². The second-order valence-corrected chi connectivity index (χ2v) is 4.54. The second-order valence-electron chi connectivity index (χ2n) is 4.54. The molecule has 1 fully saturated rings. The van der Waals surface area contributed by atoms with E-state index in [1.165, 1.54) is 12.8 Å². The molecule has 4 nitrogen and oxygen atoms in total. The van der Waals surface area contributed by atoms with Gasteiger partial charge in [-0.05, 0) is 30.9 Å². The number of pyridine rings is 1. The Morgan fingerprint density at radius 2 is 2.41 bits per heavy atom.